The first kappa shape index (κ1) is 17.6. The molecule has 0 saturated carbocycles. The lowest BCUT2D eigenvalue weighted by Crippen LogP contribution is -2.08. The number of rotatable bonds is 6. The van der Waals surface area contributed by atoms with Crippen molar-refractivity contribution in [1.29, 1.82) is 0 Å². The van der Waals surface area contributed by atoms with Crippen molar-refractivity contribution in [2.75, 3.05) is 0 Å². The Hall–Kier alpha value is -2.26. The fraction of sp³-hybridized carbons (Fsp3) is 0.286. The summed E-state index contributed by atoms with van der Waals surface area (Å²) >= 11 is 6.00. The molecule has 1 aromatic heterocycles. The van der Waals surface area contributed by atoms with E-state index in [0.717, 1.165) is 51.2 Å². The molecule has 0 aliphatic heterocycles. The van der Waals surface area contributed by atoms with Gasteiger partial charge in [-0.3, -0.25) is 4.79 Å². The van der Waals surface area contributed by atoms with Crippen LogP contribution in [0.2, 0.25) is 5.02 Å². The Balaban J connectivity index is 2.19. The van der Waals surface area contributed by atoms with Crippen molar-refractivity contribution < 1.29 is 9.90 Å². The van der Waals surface area contributed by atoms with Crippen molar-refractivity contribution in [2.45, 2.75) is 39.7 Å². The van der Waals surface area contributed by atoms with Crippen LogP contribution in [-0.2, 0) is 24.2 Å². The molecule has 2 aromatic carbocycles. The molecule has 0 atom stereocenters. The second kappa shape index (κ2) is 7.32. The zero-order valence-corrected chi connectivity index (χ0v) is 15.3. The monoisotopic (exact) mass is 355 g/mol. The largest absolute Gasteiger partial charge is 0.481 e. The van der Waals surface area contributed by atoms with Gasteiger partial charge >= 0.3 is 5.97 Å². The van der Waals surface area contributed by atoms with E-state index < -0.39 is 5.97 Å². The summed E-state index contributed by atoms with van der Waals surface area (Å²) in [6.45, 7) is 4.88. The number of fused-ring (bicyclic) bond motifs is 1. The molecule has 0 aliphatic rings. The summed E-state index contributed by atoms with van der Waals surface area (Å²) in [5, 5.41) is 11.2. The van der Waals surface area contributed by atoms with Crippen molar-refractivity contribution in [2.24, 2.45) is 0 Å². The Morgan fingerprint density at radius 1 is 1.16 bits per heavy atom. The number of carbonyl (C=O) groups is 1. The molecular formula is C21H22ClNO2. The minimum Gasteiger partial charge on any atom is -0.481 e. The van der Waals surface area contributed by atoms with Gasteiger partial charge < -0.3 is 9.67 Å². The van der Waals surface area contributed by atoms with Gasteiger partial charge in [0.05, 0.1) is 6.42 Å². The second-order valence-electron chi connectivity index (χ2n) is 6.48. The highest BCUT2D eigenvalue weighted by Gasteiger charge is 2.19. The number of nitrogens with zero attached hydrogens (tertiary/aromatic N) is 1. The maximum Gasteiger partial charge on any atom is 0.307 e. The highest BCUT2D eigenvalue weighted by molar-refractivity contribution is 6.30. The smallest absolute Gasteiger partial charge is 0.307 e. The van der Waals surface area contributed by atoms with Crippen LogP contribution in [0.4, 0.5) is 0 Å². The van der Waals surface area contributed by atoms with E-state index in [0.29, 0.717) is 6.54 Å². The minimum absolute atomic E-state index is 0.0584. The molecule has 0 bridgehead atoms. The summed E-state index contributed by atoms with van der Waals surface area (Å²) < 4.78 is 2.26. The minimum atomic E-state index is -0.788. The third kappa shape index (κ3) is 3.72. The zero-order valence-electron chi connectivity index (χ0n) is 14.6. The number of aryl methyl sites for hydroxylation is 1. The summed E-state index contributed by atoms with van der Waals surface area (Å²) in [7, 11) is 0. The summed E-state index contributed by atoms with van der Waals surface area (Å²) in [4.78, 5) is 11.4. The van der Waals surface area contributed by atoms with Crippen LogP contribution in [0.25, 0.3) is 10.9 Å². The van der Waals surface area contributed by atoms with Crippen molar-refractivity contribution in [1.82, 2.24) is 4.57 Å². The standard InChI is InChI=1S/C21H22ClNO2/c1-3-4-19-18(12-21(24)25)17-11-14(2)5-10-20(17)23(19)13-15-6-8-16(22)9-7-15/h5-11H,3-4,12-13H2,1-2H3,(H,24,25). The maximum atomic E-state index is 11.4. The van der Waals surface area contributed by atoms with Crippen LogP contribution in [0.1, 0.15) is 35.7 Å². The lowest BCUT2D eigenvalue weighted by atomic mass is 10.0. The molecule has 1 N–H and O–H groups in total. The van der Waals surface area contributed by atoms with E-state index in [1.54, 1.807) is 0 Å². The predicted molar refractivity (Wildman–Crippen MR) is 103 cm³/mol. The van der Waals surface area contributed by atoms with Crippen molar-refractivity contribution in [3.8, 4) is 0 Å². The van der Waals surface area contributed by atoms with Crippen LogP contribution >= 0.6 is 11.6 Å². The Morgan fingerprint density at radius 2 is 1.88 bits per heavy atom. The fourth-order valence-corrected chi connectivity index (χ4v) is 3.54. The normalized spacial score (nSPS) is 11.2. The van der Waals surface area contributed by atoms with Gasteiger partial charge in [0.1, 0.15) is 0 Å². The van der Waals surface area contributed by atoms with E-state index in [-0.39, 0.29) is 6.42 Å². The van der Waals surface area contributed by atoms with Gasteiger partial charge in [-0.25, -0.2) is 0 Å². The van der Waals surface area contributed by atoms with Gasteiger partial charge in [-0.05, 0) is 48.7 Å². The molecule has 0 aliphatic carbocycles. The molecule has 0 fully saturated rings. The summed E-state index contributed by atoms with van der Waals surface area (Å²) in [5.41, 5.74) is 5.47. The summed E-state index contributed by atoms with van der Waals surface area (Å²) in [5.74, 6) is -0.788. The van der Waals surface area contributed by atoms with E-state index in [1.165, 1.54) is 0 Å². The van der Waals surface area contributed by atoms with Crippen molar-refractivity contribution in [3.05, 3.63) is 69.9 Å². The number of halogens is 1. The topological polar surface area (TPSA) is 42.2 Å². The zero-order chi connectivity index (χ0) is 18.0. The van der Waals surface area contributed by atoms with Crippen LogP contribution in [0.3, 0.4) is 0 Å². The second-order valence-corrected chi connectivity index (χ2v) is 6.92. The average Bonchev–Trinajstić information content (AvgIpc) is 2.83. The van der Waals surface area contributed by atoms with Crippen LogP contribution in [0.15, 0.2) is 42.5 Å². The van der Waals surface area contributed by atoms with Gasteiger partial charge in [0, 0.05) is 28.2 Å². The van der Waals surface area contributed by atoms with E-state index in [1.807, 2.05) is 31.2 Å². The fourth-order valence-electron chi connectivity index (χ4n) is 3.41. The molecule has 25 heavy (non-hydrogen) atoms. The van der Waals surface area contributed by atoms with Gasteiger partial charge in [-0.15, -0.1) is 0 Å². The quantitative estimate of drug-likeness (QED) is 0.657. The highest BCUT2D eigenvalue weighted by atomic mass is 35.5. The molecule has 130 valence electrons. The Bertz CT molecular complexity index is 910. The van der Waals surface area contributed by atoms with Crippen LogP contribution in [0, 0.1) is 6.92 Å². The molecule has 1 heterocycles. The SMILES string of the molecule is CCCc1c(CC(=O)O)c2cc(C)ccc2n1Cc1ccc(Cl)cc1. The first-order valence-corrected chi connectivity index (χ1v) is 8.94. The van der Waals surface area contributed by atoms with Gasteiger partial charge in [-0.1, -0.05) is 48.7 Å². The number of carboxylic acid groups (broad SMARTS) is 1. The van der Waals surface area contributed by atoms with Crippen LogP contribution < -0.4 is 0 Å². The number of carboxylic acids is 1. The van der Waals surface area contributed by atoms with E-state index in [2.05, 4.69) is 29.7 Å². The van der Waals surface area contributed by atoms with Gasteiger partial charge in [-0.2, -0.15) is 0 Å². The van der Waals surface area contributed by atoms with Gasteiger partial charge in [0.15, 0.2) is 0 Å². The molecule has 0 unspecified atom stereocenters. The van der Waals surface area contributed by atoms with E-state index in [9.17, 15) is 9.90 Å². The van der Waals surface area contributed by atoms with Crippen molar-refractivity contribution in [3.63, 3.8) is 0 Å². The molecule has 0 saturated heterocycles. The number of benzene rings is 2. The molecule has 3 rings (SSSR count). The van der Waals surface area contributed by atoms with Crippen LogP contribution in [-0.4, -0.2) is 15.6 Å². The van der Waals surface area contributed by atoms with E-state index in [4.69, 9.17) is 11.6 Å². The number of hydrogen-bond donors (Lipinski definition) is 1. The first-order chi connectivity index (χ1) is 12.0. The number of aliphatic carboxylic acids is 1. The average molecular weight is 356 g/mol. The molecular weight excluding hydrogens is 334 g/mol. The lowest BCUT2D eigenvalue weighted by molar-refractivity contribution is -0.136. The molecule has 3 nitrogen and oxygen atoms in total. The summed E-state index contributed by atoms with van der Waals surface area (Å²) in [6, 6.07) is 14.1. The Morgan fingerprint density at radius 3 is 2.52 bits per heavy atom. The lowest BCUT2D eigenvalue weighted by Gasteiger charge is -2.12. The van der Waals surface area contributed by atoms with Gasteiger partial charge in [0.2, 0.25) is 0 Å². The molecule has 0 amide bonds. The predicted octanol–water partition coefficient (Wildman–Crippen LogP) is 5.23. The number of hydrogen-bond acceptors (Lipinski definition) is 1. The highest BCUT2D eigenvalue weighted by Crippen LogP contribution is 2.30. The molecule has 0 spiro atoms. The summed E-state index contributed by atoms with van der Waals surface area (Å²) in [6.07, 6.45) is 1.90. The maximum absolute atomic E-state index is 11.4. The van der Waals surface area contributed by atoms with E-state index >= 15 is 0 Å². The Labute approximate surface area is 152 Å². The van der Waals surface area contributed by atoms with Crippen molar-refractivity contribution >= 4 is 28.5 Å². The third-order valence-electron chi connectivity index (χ3n) is 4.51. The number of aromatic nitrogens is 1. The molecule has 3 aromatic rings. The third-order valence-corrected chi connectivity index (χ3v) is 4.76. The van der Waals surface area contributed by atoms with Gasteiger partial charge in [0.25, 0.3) is 0 Å². The first-order valence-electron chi connectivity index (χ1n) is 8.56. The molecule has 0 radical (unpaired) electrons. The Kier molecular flexibility index (Phi) is 5.14. The molecule has 4 heteroatoms. The van der Waals surface area contributed by atoms with Crippen LogP contribution in [0.5, 0.6) is 0 Å².